The molecule has 5 heteroatoms. The van der Waals surface area contributed by atoms with E-state index in [1.54, 1.807) is 6.07 Å². The molecule has 0 aliphatic heterocycles. The van der Waals surface area contributed by atoms with E-state index in [-0.39, 0.29) is 22.6 Å². The molecule has 3 unspecified atom stereocenters. The second-order valence-electron chi connectivity index (χ2n) is 5.38. The van der Waals surface area contributed by atoms with Gasteiger partial charge >= 0.3 is 0 Å². The molecule has 4 nitrogen and oxygen atoms in total. The lowest BCUT2D eigenvalue weighted by molar-refractivity contribution is -0.384. The van der Waals surface area contributed by atoms with E-state index in [0.29, 0.717) is 5.75 Å². The molecule has 2 rings (SSSR count). The summed E-state index contributed by atoms with van der Waals surface area (Å²) in [5.74, 6) is 0.707. The molecule has 1 aliphatic carbocycles. The summed E-state index contributed by atoms with van der Waals surface area (Å²) in [6.45, 7) is 6.05. The number of alkyl halides is 1. The van der Waals surface area contributed by atoms with Gasteiger partial charge in [-0.25, -0.2) is 0 Å². The molecule has 1 aliphatic rings. The maximum atomic E-state index is 10.7. The lowest BCUT2D eigenvalue weighted by Gasteiger charge is -2.50. The summed E-state index contributed by atoms with van der Waals surface area (Å²) in [5.41, 5.74) is 0.855. The van der Waals surface area contributed by atoms with Crippen LogP contribution in [0.4, 0.5) is 5.69 Å². The highest BCUT2D eigenvalue weighted by Crippen LogP contribution is 2.49. The third-order valence-corrected chi connectivity index (χ3v) is 4.95. The summed E-state index contributed by atoms with van der Waals surface area (Å²) in [6, 6.07) is 4.68. The number of nitro groups is 1. The lowest BCUT2D eigenvalue weighted by atomic mass is 9.65. The Morgan fingerprint density at radius 2 is 2.26 bits per heavy atom. The normalized spacial score (nSPS) is 29.7. The largest absolute Gasteiger partial charge is 0.489 e. The van der Waals surface area contributed by atoms with Gasteiger partial charge in [0.15, 0.2) is 0 Å². The van der Waals surface area contributed by atoms with Crippen molar-refractivity contribution in [2.75, 3.05) is 0 Å². The van der Waals surface area contributed by atoms with Gasteiger partial charge in [-0.2, -0.15) is 0 Å². The number of nitro benzene ring substituents is 1. The Balaban J connectivity index is 2.15. The van der Waals surface area contributed by atoms with Crippen LogP contribution in [0.15, 0.2) is 18.2 Å². The van der Waals surface area contributed by atoms with Crippen molar-refractivity contribution in [1.29, 1.82) is 0 Å². The minimum atomic E-state index is -0.398. The van der Waals surface area contributed by atoms with E-state index < -0.39 is 4.92 Å². The predicted octanol–water partition coefficient (Wildman–Crippen LogP) is 4.08. The average Bonchev–Trinajstić information content (AvgIpc) is 2.38. The molecule has 1 aromatic rings. The minimum absolute atomic E-state index is 0.0181. The highest BCUT2D eigenvalue weighted by Gasteiger charge is 2.51. The zero-order chi connectivity index (χ0) is 14.2. The summed E-state index contributed by atoms with van der Waals surface area (Å²) >= 11 is 6.25. The van der Waals surface area contributed by atoms with E-state index >= 15 is 0 Å². The van der Waals surface area contributed by atoms with Crippen molar-refractivity contribution in [3.8, 4) is 5.75 Å². The van der Waals surface area contributed by atoms with Crippen LogP contribution in [-0.4, -0.2) is 16.4 Å². The van der Waals surface area contributed by atoms with Gasteiger partial charge in [0.1, 0.15) is 11.9 Å². The first kappa shape index (κ1) is 14.1. The number of non-ortho nitro benzene ring substituents is 1. The highest BCUT2D eigenvalue weighted by molar-refractivity contribution is 6.21. The van der Waals surface area contributed by atoms with Crippen molar-refractivity contribution >= 4 is 17.3 Å². The molecule has 0 heterocycles. The molecule has 0 aromatic heterocycles. The lowest BCUT2D eigenvalue weighted by Crippen LogP contribution is -2.55. The third kappa shape index (κ3) is 2.41. The van der Waals surface area contributed by atoms with E-state index in [2.05, 4.69) is 13.8 Å². The first-order chi connectivity index (χ1) is 8.88. The van der Waals surface area contributed by atoms with Gasteiger partial charge in [-0.05, 0) is 25.0 Å². The van der Waals surface area contributed by atoms with Crippen LogP contribution in [0.2, 0.25) is 0 Å². The molecule has 0 amide bonds. The summed E-state index contributed by atoms with van der Waals surface area (Å²) in [6.07, 6.45) is 1.86. The fourth-order valence-electron chi connectivity index (χ4n) is 2.43. The van der Waals surface area contributed by atoms with E-state index in [9.17, 15) is 10.1 Å². The molecule has 0 bridgehead atoms. The average molecular weight is 284 g/mol. The fraction of sp³-hybridized carbons (Fsp3) is 0.571. The van der Waals surface area contributed by atoms with Crippen molar-refractivity contribution in [1.82, 2.24) is 0 Å². The Bertz CT molecular complexity index is 505. The van der Waals surface area contributed by atoms with Crippen LogP contribution in [0, 0.1) is 22.5 Å². The Kier molecular flexibility index (Phi) is 3.72. The number of nitrogens with zero attached hydrogens (tertiary/aromatic N) is 1. The first-order valence-electron chi connectivity index (χ1n) is 6.44. The van der Waals surface area contributed by atoms with Gasteiger partial charge in [-0.3, -0.25) is 10.1 Å². The SMILES string of the molecule is CCC1(C)C(Cl)CC1Oc1ccc([N+](=O)[O-])cc1C. The number of rotatable bonds is 4. The molecule has 3 atom stereocenters. The predicted molar refractivity (Wildman–Crippen MR) is 74.9 cm³/mol. The zero-order valence-electron chi connectivity index (χ0n) is 11.4. The van der Waals surface area contributed by atoms with Crippen molar-refractivity contribution in [2.24, 2.45) is 5.41 Å². The van der Waals surface area contributed by atoms with Crippen LogP contribution in [-0.2, 0) is 0 Å². The Morgan fingerprint density at radius 3 is 2.74 bits per heavy atom. The van der Waals surface area contributed by atoms with Gasteiger partial charge < -0.3 is 4.74 Å². The Morgan fingerprint density at radius 1 is 1.58 bits per heavy atom. The fourth-order valence-corrected chi connectivity index (χ4v) is 2.89. The molecule has 0 N–H and O–H groups in total. The molecule has 1 aromatic carbocycles. The van der Waals surface area contributed by atoms with Crippen LogP contribution >= 0.6 is 11.6 Å². The van der Waals surface area contributed by atoms with Crippen LogP contribution in [0.3, 0.4) is 0 Å². The van der Waals surface area contributed by atoms with Gasteiger partial charge in [-0.1, -0.05) is 13.8 Å². The molecule has 0 spiro atoms. The maximum Gasteiger partial charge on any atom is 0.269 e. The number of hydrogen-bond donors (Lipinski definition) is 0. The Hall–Kier alpha value is -1.29. The smallest absolute Gasteiger partial charge is 0.269 e. The zero-order valence-corrected chi connectivity index (χ0v) is 12.1. The van der Waals surface area contributed by atoms with Gasteiger partial charge in [0.25, 0.3) is 5.69 Å². The third-order valence-electron chi connectivity index (χ3n) is 4.27. The molecule has 104 valence electrons. The topological polar surface area (TPSA) is 52.4 Å². The molecule has 1 saturated carbocycles. The van der Waals surface area contributed by atoms with E-state index in [1.807, 2.05) is 6.92 Å². The number of hydrogen-bond acceptors (Lipinski definition) is 3. The van der Waals surface area contributed by atoms with E-state index in [4.69, 9.17) is 16.3 Å². The summed E-state index contributed by atoms with van der Waals surface area (Å²) in [5, 5.41) is 10.8. The van der Waals surface area contributed by atoms with Crippen molar-refractivity contribution in [2.45, 2.75) is 45.1 Å². The quantitative estimate of drug-likeness (QED) is 0.475. The molecule has 19 heavy (non-hydrogen) atoms. The van der Waals surface area contributed by atoms with E-state index in [0.717, 1.165) is 18.4 Å². The number of benzene rings is 1. The van der Waals surface area contributed by atoms with Crippen LogP contribution < -0.4 is 4.74 Å². The van der Waals surface area contributed by atoms with Gasteiger partial charge in [0, 0.05) is 29.3 Å². The van der Waals surface area contributed by atoms with Crippen molar-refractivity contribution in [3.63, 3.8) is 0 Å². The number of ether oxygens (including phenoxy) is 1. The van der Waals surface area contributed by atoms with Crippen LogP contribution in [0.1, 0.15) is 32.3 Å². The minimum Gasteiger partial charge on any atom is -0.489 e. The van der Waals surface area contributed by atoms with Crippen LogP contribution in [0.5, 0.6) is 5.75 Å². The molecule has 0 saturated heterocycles. The van der Waals surface area contributed by atoms with Gasteiger partial charge in [0.2, 0.25) is 0 Å². The number of halogens is 1. The monoisotopic (exact) mass is 283 g/mol. The van der Waals surface area contributed by atoms with Crippen molar-refractivity contribution < 1.29 is 9.66 Å². The van der Waals surface area contributed by atoms with Gasteiger partial charge in [0.05, 0.1) is 4.92 Å². The second kappa shape index (κ2) is 5.00. The van der Waals surface area contributed by atoms with Gasteiger partial charge in [-0.15, -0.1) is 11.6 Å². The molecule has 0 radical (unpaired) electrons. The van der Waals surface area contributed by atoms with E-state index in [1.165, 1.54) is 12.1 Å². The number of aryl methyl sites for hydroxylation is 1. The first-order valence-corrected chi connectivity index (χ1v) is 6.88. The maximum absolute atomic E-state index is 10.7. The summed E-state index contributed by atoms with van der Waals surface area (Å²) in [4.78, 5) is 10.3. The highest BCUT2D eigenvalue weighted by atomic mass is 35.5. The second-order valence-corrected chi connectivity index (χ2v) is 5.90. The molecule has 1 fully saturated rings. The summed E-state index contributed by atoms with van der Waals surface area (Å²) in [7, 11) is 0. The molecular formula is C14H18ClNO3. The molecular weight excluding hydrogens is 266 g/mol. The van der Waals surface area contributed by atoms with Crippen LogP contribution in [0.25, 0.3) is 0 Å². The van der Waals surface area contributed by atoms with Crippen molar-refractivity contribution in [3.05, 3.63) is 33.9 Å². The Labute approximate surface area is 117 Å². The standard InChI is InChI=1S/C14H18ClNO3/c1-4-14(3)12(15)8-13(14)19-11-6-5-10(16(17)18)7-9(11)2/h5-7,12-13H,4,8H2,1-3H3. The summed E-state index contributed by atoms with van der Waals surface area (Å²) < 4.78 is 5.99.